The van der Waals surface area contributed by atoms with Gasteiger partial charge in [-0.2, -0.15) is 5.01 Å². The van der Waals surface area contributed by atoms with Gasteiger partial charge in [0.25, 0.3) is 5.91 Å². The Morgan fingerprint density at radius 2 is 1.54 bits per heavy atom. The number of para-hydroxylation sites is 1. The molecule has 0 saturated carbocycles. The Morgan fingerprint density at radius 3 is 2.08 bits per heavy atom. The lowest BCUT2D eigenvalue weighted by molar-refractivity contribution is -0.140. The number of Topliss-reactive ketones (excluding diaryl/α,β-unsaturated/α-hetero) is 1. The molecule has 0 atom stereocenters. The van der Waals surface area contributed by atoms with Gasteiger partial charge in [-0.05, 0) is 45.0 Å². The predicted molar refractivity (Wildman–Crippen MR) is 103 cm³/mol. The lowest BCUT2D eigenvalue weighted by Gasteiger charge is -2.28. The van der Waals surface area contributed by atoms with E-state index < -0.39 is 11.3 Å². The minimum absolute atomic E-state index is 0.131. The molecule has 0 saturated heterocycles. The van der Waals surface area contributed by atoms with Crippen LogP contribution in [0.2, 0.25) is 0 Å². The lowest BCUT2D eigenvalue weighted by atomic mass is 9.81. The first-order chi connectivity index (χ1) is 12.2. The van der Waals surface area contributed by atoms with Crippen LogP contribution >= 0.6 is 0 Å². The van der Waals surface area contributed by atoms with Crippen molar-refractivity contribution in [2.45, 2.75) is 34.6 Å². The van der Waals surface area contributed by atoms with Gasteiger partial charge < -0.3 is 0 Å². The highest BCUT2D eigenvalue weighted by molar-refractivity contribution is 6.11. The summed E-state index contributed by atoms with van der Waals surface area (Å²) in [7, 11) is 0. The molecule has 5 heteroatoms. The molecule has 2 aromatic carbocycles. The number of nitrogens with zero attached hydrogens (tertiary/aromatic N) is 3. The van der Waals surface area contributed by atoms with Crippen molar-refractivity contribution in [3.63, 3.8) is 0 Å². The SMILES string of the molecule is Cc1ccc(N=NN(C(=O)C(C)(C)C(=O)C(C)C)c2ccccc2)cc1. The van der Waals surface area contributed by atoms with Crippen LogP contribution in [0.15, 0.2) is 64.9 Å². The first-order valence-corrected chi connectivity index (χ1v) is 8.65. The Morgan fingerprint density at radius 1 is 0.962 bits per heavy atom. The maximum Gasteiger partial charge on any atom is 0.261 e. The van der Waals surface area contributed by atoms with Crippen LogP contribution in [0, 0.1) is 18.3 Å². The van der Waals surface area contributed by atoms with E-state index in [4.69, 9.17) is 0 Å². The van der Waals surface area contributed by atoms with Gasteiger partial charge in [0.2, 0.25) is 0 Å². The number of anilines is 1. The van der Waals surface area contributed by atoms with Crippen LogP contribution in [0.4, 0.5) is 11.4 Å². The Balaban J connectivity index is 2.40. The molecule has 2 rings (SSSR count). The average molecular weight is 351 g/mol. The maximum atomic E-state index is 13.1. The summed E-state index contributed by atoms with van der Waals surface area (Å²) < 4.78 is 0. The molecule has 26 heavy (non-hydrogen) atoms. The monoisotopic (exact) mass is 351 g/mol. The summed E-state index contributed by atoms with van der Waals surface area (Å²) in [5, 5.41) is 9.55. The smallest absolute Gasteiger partial charge is 0.261 e. The number of carbonyl (C=O) groups is 2. The molecule has 1 amide bonds. The normalized spacial score (nSPS) is 11.8. The second-order valence-corrected chi connectivity index (χ2v) is 7.12. The minimum atomic E-state index is -1.20. The van der Waals surface area contributed by atoms with E-state index in [1.807, 2.05) is 49.4 Å². The maximum absolute atomic E-state index is 13.1. The third kappa shape index (κ3) is 4.42. The number of amides is 1. The van der Waals surface area contributed by atoms with E-state index in [9.17, 15) is 9.59 Å². The zero-order valence-corrected chi connectivity index (χ0v) is 15.9. The van der Waals surface area contributed by atoms with Gasteiger partial charge in [-0.1, -0.05) is 55.0 Å². The molecule has 5 nitrogen and oxygen atoms in total. The fourth-order valence-electron chi connectivity index (χ4n) is 2.58. The largest absolute Gasteiger partial charge is 0.298 e. The summed E-state index contributed by atoms with van der Waals surface area (Å²) in [5.41, 5.74) is 1.12. The molecule has 0 aliphatic heterocycles. The fourth-order valence-corrected chi connectivity index (χ4v) is 2.58. The summed E-state index contributed by atoms with van der Waals surface area (Å²) in [6, 6.07) is 16.5. The summed E-state index contributed by atoms with van der Waals surface area (Å²) in [4.78, 5) is 25.7. The van der Waals surface area contributed by atoms with Gasteiger partial charge >= 0.3 is 0 Å². The Bertz CT molecular complexity index is 794. The van der Waals surface area contributed by atoms with E-state index in [0.717, 1.165) is 5.56 Å². The molecular formula is C21H25N3O2. The number of ketones is 1. The highest BCUT2D eigenvalue weighted by Gasteiger charge is 2.41. The number of rotatable bonds is 6. The van der Waals surface area contributed by atoms with Gasteiger partial charge in [0.05, 0.1) is 11.4 Å². The van der Waals surface area contributed by atoms with Gasteiger partial charge in [0.1, 0.15) is 11.2 Å². The second kappa shape index (κ2) is 8.04. The van der Waals surface area contributed by atoms with E-state index in [1.165, 1.54) is 5.01 Å². The molecule has 136 valence electrons. The summed E-state index contributed by atoms with van der Waals surface area (Å²) in [6.07, 6.45) is 0. The molecule has 0 aromatic heterocycles. The second-order valence-electron chi connectivity index (χ2n) is 7.12. The van der Waals surface area contributed by atoms with Crippen LogP contribution in [0.25, 0.3) is 0 Å². The number of carbonyl (C=O) groups excluding carboxylic acids is 2. The molecule has 0 bridgehead atoms. The summed E-state index contributed by atoms with van der Waals surface area (Å²) in [6.45, 7) is 8.83. The van der Waals surface area contributed by atoms with Crippen molar-refractivity contribution in [3.05, 3.63) is 60.2 Å². The molecule has 0 spiro atoms. The van der Waals surface area contributed by atoms with Crippen molar-refractivity contribution < 1.29 is 9.59 Å². The van der Waals surface area contributed by atoms with Crippen molar-refractivity contribution in [2.24, 2.45) is 21.7 Å². The lowest BCUT2D eigenvalue weighted by Crippen LogP contribution is -2.44. The van der Waals surface area contributed by atoms with Crippen LogP contribution in [-0.2, 0) is 9.59 Å². The predicted octanol–water partition coefficient (Wildman–Crippen LogP) is 5.28. The van der Waals surface area contributed by atoms with E-state index in [-0.39, 0.29) is 11.7 Å². The molecule has 0 aliphatic carbocycles. The van der Waals surface area contributed by atoms with E-state index in [2.05, 4.69) is 10.3 Å². The molecule has 0 unspecified atom stereocenters. The standard InChI is InChI=1S/C21H25N3O2/c1-15(2)19(25)21(4,5)20(26)24(18-9-7-6-8-10-18)23-22-17-13-11-16(3)12-14-17/h6-15H,1-5H3. The highest BCUT2D eigenvalue weighted by atomic mass is 16.2. The van der Waals surface area contributed by atoms with Gasteiger partial charge in [-0.3, -0.25) is 9.59 Å². The van der Waals surface area contributed by atoms with Crippen LogP contribution in [0.3, 0.4) is 0 Å². The Labute approximate surface area is 154 Å². The van der Waals surface area contributed by atoms with Gasteiger partial charge in [0, 0.05) is 5.92 Å². The molecule has 0 heterocycles. The van der Waals surface area contributed by atoms with Crippen molar-refractivity contribution >= 4 is 23.1 Å². The number of aryl methyl sites for hydroxylation is 1. The number of hydrogen-bond donors (Lipinski definition) is 0. The first kappa shape index (κ1) is 19.5. The number of benzene rings is 2. The number of hydrogen-bond acceptors (Lipinski definition) is 4. The fraction of sp³-hybridized carbons (Fsp3) is 0.333. The van der Waals surface area contributed by atoms with Crippen LogP contribution in [0.1, 0.15) is 33.3 Å². The van der Waals surface area contributed by atoms with E-state index >= 15 is 0 Å². The third-order valence-electron chi connectivity index (χ3n) is 4.15. The molecule has 2 aromatic rings. The van der Waals surface area contributed by atoms with Crippen molar-refractivity contribution in [1.29, 1.82) is 0 Å². The topological polar surface area (TPSA) is 62.1 Å². The van der Waals surface area contributed by atoms with E-state index in [1.54, 1.807) is 39.8 Å². The average Bonchev–Trinajstić information content (AvgIpc) is 2.63. The zero-order chi connectivity index (χ0) is 19.3. The Kier molecular flexibility index (Phi) is 6.03. The zero-order valence-electron chi connectivity index (χ0n) is 15.9. The van der Waals surface area contributed by atoms with Crippen molar-refractivity contribution in [1.82, 2.24) is 0 Å². The first-order valence-electron chi connectivity index (χ1n) is 8.65. The summed E-state index contributed by atoms with van der Waals surface area (Å²) >= 11 is 0. The van der Waals surface area contributed by atoms with Gasteiger partial charge in [-0.25, -0.2) is 0 Å². The summed E-state index contributed by atoms with van der Waals surface area (Å²) in [5.74, 6) is -0.784. The molecule has 0 fully saturated rings. The van der Waals surface area contributed by atoms with Gasteiger partial charge in [0.15, 0.2) is 0 Å². The van der Waals surface area contributed by atoms with E-state index in [0.29, 0.717) is 11.4 Å². The van der Waals surface area contributed by atoms with Crippen LogP contribution < -0.4 is 5.01 Å². The molecule has 0 radical (unpaired) electrons. The molecular weight excluding hydrogens is 326 g/mol. The molecule has 0 N–H and O–H groups in total. The minimum Gasteiger partial charge on any atom is -0.298 e. The molecule has 0 aliphatic rings. The van der Waals surface area contributed by atoms with Crippen LogP contribution in [-0.4, -0.2) is 11.7 Å². The van der Waals surface area contributed by atoms with Crippen LogP contribution in [0.5, 0.6) is 0 Å². The highest BCUT2D eigenvalue weighted by Crippen LogP contribution is 2.28. The Hall–Kier alpha value is -2.82. The van der Waals surface area contributed by atoms with Crippen molar-refractivity contribution in [2.75, 3.05) is 5.01 Å². The third-order valence-corrected chi connectivity index (χ3v) is 4.15. The van der Waals surface area contributed by atoms with Gasteiger partial charge in [-0.15, -0.1) is 5.11 Å². The van der Waals surface area contributed by atoms with Crippen molar-refractivity contribution in [3.8, 4) is 0 Å². The quantitative estimate of drug-likeness (QED) is 0.404.